The highest BCUT2D eigenvalue weighted by molar-refractivity contribution is 8.01. The summed E-state index contributed by atoms with van der Waals surface area (Å²) in [4.78, 5) is 19.8. The maximum atomic E-state index is 11.4. The molecule has 82 valence electrons. The summed E-state index contributed by atoms with van der Waals surface area (Å²) >= 11 is 2.69. The Kier molecular flexibility index (Phi) is 3.31. The second-order valence-electron chi connectivity index (χ2n) is 3.12. The van der Waals surface area contributed by atoms with Gasteiger partial charge in [-0.15, -0.1) is 0 Å². The average molecular weight is 251 g/mol. The van der Waals surface area contributed by atoms with Gasteiger partial charge in [0.15, 0.2) is 10.1 Å². The lowest BCUT2D eigenvalue weighted by atomic mass is 10.2. The second-order valence-corrected chi connectivity index (χ2v) is 5.11. The van der Waals surface area contributed by atoms with E-state index in [4.69, 9.17) is 0 Å². The Morgan fingerprint density at radius 1 is 1.50 bits per heavy atom. The zero-order valence-electron chi connectivity index (χ0n) is 8.80. The minimum Gasteiger partial charge on any atom is -0.294 e. The smallest absolute Gasteiger partial charge is 0.176 e. The number of rotatable bonds is 3. The van der Waals surface area contributed by atoms with E-state index in [0.717, 1.165) is 10.2 Å². The molecule has 6 heteroatoms. The monoisotopic (exact) mass is 251 g/mol. The van der Waals surface area contributed by atoms with Crippen LogP contribution < -0.4 is 0 Å². The molecule has 2 aromatic rings. The molecule has 0 atom stereocenters. The highest BCUT2D eigenvalue weighted by Gasteiger charge is 2.11. The van der Waals surface area contributed by atoms with Crippen LogP contribution in [-0.2, 0) is 0 Å². The molecular formula is C10H9N3OS2. The number of carbonyl (C=O) groups is 1. The molecule has 0 spiro atoms. The number of ketones is 1. The fourth-order valence-corrected chi connectivity index (χ4v) is 2.84. The highest BCUT2D eigenvalue weighted by Crippen LogP contribution is 2.29. The molecule has 2 rings (SSSR count). The SMILES string of the molecule is CC(=O)c1cccnc1Sc1nc(C)ns1. The van der Waals surface area contributed by atoms with Crippen molar-refractivity contribution in [2.24, 2.45) is 0 Å². The average Bonchev–Trinajstić information content (AvgIpc) is 2.64. The zero-order valence-corrected chi connectivity index (χ0v) is 10.4. The quantitative estimate of drug-likeness (QED) is 0.785. The van der Waals surface area contributed by atoms with Crippen LogP contribution in [0.2, 0.25) is 0 Å². The first-order chi connectivity index (χ1) is 7.66. The number of Topliss-reactive ketones (excluding diaryl/α,β-unsaturated/α-hetero) is 1. The predicted octanol–water partition coefficient (Wildman–Crippen LogP) is 2.60. The molecule has 16 heavy (non-hydrogen) atoms. The van der Waals surface area contributed by atoms with Crippen molar-refractivity contribution in [1.82, 2.24) is 14.3 Å². The van der Waals surface area contributed by atoms with E-state index in [2.05, 4.69) is 14.3 Å². The molecule has 2 aromatic heterocycles. The first kappa shape index (κ1) is 11.2. The van der Waals surface area contributed by atoms with Crippen molar-refractivity contribution in [2.75, 3.05) is 0 Å². The predicted molar refractivity (Wildman–Crippen MR) is 63.0 cm³/mol. The molecule has 2 heterocycles. The summed E-state index contributed by atoms with van der Waals surface area (Å²) in [5.74, 6) is 0.754. The number of aryl methyl sites for hydroxylation is 1. The van der Waals surface area contributed by atoms with Crippen LogP contribution in [0.25, 0.3) is 0 Å². The molecule has 0 aliphatic heterocycles. The van der Waals surface area contributed by atoms with Crippen LogP contribution in [0, 0.1) is 6.92 Å². The Bertz CT molecular complexity index is 524. The van der Waals surface area contributed by atoms with Gasteiger partial charge in [-0.2, -0.15) is 4.37 Å². The standard InChI is InChI=1S/C10H9N3OS2/c1-6(14)8-4-3-5-11-9(8)15-10-12-7(2)13-16-10/h3-5H,1-2H3. The first-order valence-electron chi connectivity index (χ1n) is 4.61. The van der Waals surface area contributed by atoms with Crippen LogP contribution in [0.5, 0.6) is 0 Å². The summed E-state index contributed by atoms with van der Waals surface area (Å²) in [6.45, 7) is 3.37. The number of aromatic nitrogens is 3. The molecule has 0 aromatic carbocycles. The molecule has 0 aliphatic rings. The molecule has 0 radical (unpaired) electrons. The molecule has 0 aliphatic carbocycles. The van der Waals surface area contributed by atoms with Gasteiger partial charge in [-0.3, -0.25) is 4.79 Å². The van der Waals surface area contributed by atoms with Gasteiger partial charge in [-0.1, -0.05) is 0 Å². The van der Waals surface area contributed by atoms with Crippen LogP contribution in [0.4, 0.5) is 0 Å². The third-order valence-electron chi connectivity index (χ3n) is 1.84. The van der Waals surface area contributed by atoms with Crippen molar-refractivity contribution in [3.8, 4) is 0 Å². The van der Waals surface area contributed by atoms with Gasteiger partial charge >= 0.3 is 0 Å². The summed E-state index contributed by atoms with van der Waals surface area (Å²) in [7, 11) is 0. The lowest BCUT2D eigenvalue weighted by molar-refractivity contribution is 0.101. The summed E-state index contributed by atoms with van der Waals surface area (Å²) in [6.07, 6.45) is 1.67. The number of hydrogen-bond acceptors (Lipinski definition) is 6. The molecule has 0 saturated carbocycles. The summed E-state index contributed by atoms with van der Waals surface area (Å²) in [5, 5.41) is 0.686. The van der Waals surface area contributed by atoms with Gasteiger partial charge in [0.05, 0.1) is 0 Å². The molecule has 0 unspecified atom stereocenters. The van der Waals surface area contributed by atoms with Crippen LogP contribution in [0.1, 0.15) is 23.1 Å². The van der Waals surface area contributed by atoms with Gasteiger partial charge < -0.3 is 0 Å². The van der Waals surface area contributed by atoms with E-state index in [1.807, 2.05) is 6.92 Å². The summed E-state index contributed by atoms with van der Waals surface area (Å²) in [5.41, 5.74) is 0.625. The van der Waals surface area contributed by atoms with Crippen molar-refractivity contribution < 1.29 is 4.79 Å². The van der Waals surface area contributed by atoms with Crippen LogP contribution in [-0.4, -0.2) is 20.1 Å². The topological polar surface area (TPSA) is 55.7 Å². The van der Waals surface area contributed by atoms with E-state index in [-0.39, 0.29) is 5.78 Å². The van der Waals surface area contributed by atoms with Gasteiger partial charge in [-0.05, 0) is 49.3 Å². The maximum Gasteiger partial charge on any atom is 0.176 e. The van der Waals surface area contributed by atoms with Crippen LogP contribution in [0.15, 0.2) is 27.7 Å². The van der Waals surface area contributed by atoms with Gasteiger partial charge in [-0.25, -0.2) is 9.97 Å². The molecule has 0 fully saturated rings. The minimum atomic E-state index is 0.0110. The summed E-state index contributed by atoms with van der Waals surface area (Å²) < 4.78 is 4.89. The van der Waals surface area contributed by atoms with Gasteiger partial charge in [0.2, 0.25) is 0 Å². The van der Waals surface area contributed by atoms with Crippen molar-refractivity contribution in [1.29, 1.82) is 0 Å². The Morgan fingerprint density at radius 3 is 2.94 bits per heavy atom. The van der Waals surface area contributed by atoms with Gasteiger partial charge in [0, 0.05) is 11.8 Å². The van der Waals surface area contributed by atoms with E-state index in [9.17, 15) is 4.79 Å². The van der Waals surface area contributed by atoms with Crippen molar-refractivity contribution in [3.63, 3.8) is 0 Å². The van der Waals surface area contributed by atoms with E-state index in [1.54, 1.807) is 18.3 Å². The third kappa shape index (κ3) is 2.45. The molecule has 0 N–H and O–H groups in total. The molecule has 0 bridgehead atoms. The number of pyridine rings is 1. The largest absolute Gasteiger partial charge is 0.294 e. The molecule has 4 nitrogen and oxygen atoms in total. The van der Waals surface area contributed by atoms with E-state index in [1.165, 1.54) is 30.2 Å². The normalized spacial score (nSPS) is 10.4. The Hall–Kier alpha value is -1.27. The Morgan fingerprint density at radius 2 is 2.31 bits per heavy atom. The molecular weight excluding hydrogens is 242 g/mol. The number of carbonyl (C=O) groups excluding carboxylic acids is 1. The van der Waals surface area contributed by atoms with Gasteiger partial charge in [0.1, 0.15) is 10.9 Å². The van der Waals surface area contributed by atoms with E-state index in [0.29, 0.717) is 10.6 Å². The highest BCUT2D eigenvalue weighted by atomic mass is 32.2. The Balaban J connectivity index is 2.31. The molecule has 0 saturated heterocycles. The first-order valence-corrected chi connectivity index (χ1v) is 6.20. The maximum absolute atomic E-state index is 11.4. The lowest BCUT2D eigenvalue weighted by Gasteiger charge is -2.01. The van der Waals surface area contributed by atoms with Crippen molar-refractivity contribution in [2.45, 2.75) is 23.2 Å². The van der Waals surface area contributed by atoms with Gasteiger partial charge in [0.25, 0.3) is 0 Å². The van der Waals surface area contributed by atoms with Crippen molar-refractivity contribution in [3.05, 3.63) is 29.7 Å². The number of hydrogen-bond donors (Lipinski definition) is 0. The minimum absolute atomic E-state index is 0.0110. The lowest BCUT2D eigenvalue weighted by Crippen LogP contribution is -1.96. The van der Waals surface area contributed by atoms with Crippen molar-refractivity contribution >= 4 is 29.1 Å². The Labute approximate surface area is 101 Å². The second kappa shape index (κ2) is 4.71. The van der Waals surface area contributed by atoms with E-state index >= 15 is 0 Å². The van der Waals surface area contributed by atoms with Crippen LogP contribution in [0.3, 0.4) is 0 Å². The fraction of sp³-hybridized carbons (Fsp3) is 0.200. The fourth-order valence-electron chi connectivity index (χ4n) is 1.14. The van der Waals surface area contributed by atoms with Crippen LogP contribution >= 0.6 is 23.3 Å². The number of nitrogens with zero attached hydrogens (tertiary/aromatic N) is 3. The third-order valence-corrected chi connectivity index (χ3v) is 3.70. The summed E-state index contributed by atoms with van der Waals surface area (Å²) in [6, 6.07) is 3.53. The zero-order chi connectivity index (χ0) is 11.5. The molecule has 0 amide bonds. The van der Waals surface area contributed by atoms with E-state index < -0.39 is 0 Å².